The van der Waals surface area contributed by atoms with Crippen LogP contribution in [-0.2, 0) is 4.74 Å². The maximum atomic E-state index is 11.7. The molecule has 1 saturated heterocycles. The van der Waals surface area contributed by atoms with Crippen LogP contribution in [0.2, 0.25) is 5.15 Å². The fourth-order valence-corrected chi connectivity index (χ4v) is 3.11. The Morgan fingerprint density at radius 1 is 1.42 bits per heavy atom. The average molecular weight is 378 g/mol. The first-order valence-electron chi connectivity index (χ1n) is 8.18. The van der Waals surface area contributed by atoms with Gasteiger partial charge in [-0.05, 0) is 19.1 Å². The fourth-order valence-electron chi connectivity index (χ4n) is 2.92. The standard InChI is InChI=1S/C17H20ClN5O3/c1-11-10-26-13(8-22(11)15-7-14(18)20-16(19)21-15)9-23(17(24)25)12-5-3-2-4-6-12/h2-7,11,13H,8-10H2,1H3,(H,24,25)(H2,19,20,21)/t11-,13+/m1/s1. The van der Waals surface area contributed by atoms with Crippen LogP contribution in [0, 0.1) is 0 Å². The Bertz CT molecular complexity index is 756. The van der Waals surface area contributed by atoms with E-state index in [9.17, 15) is 9.90 Å². The number of carboxylic acid groups (broad SMARTS) is 1. The summed E-state index contributed by atoms with van der Waals surface area (Å²) < 4.78 is 5.85. The molecule has 0 bridgehead atoms. The molecule has 8 nitrogen and oxygen atoms in total. The summed E-state index contributed by atoms with van der Waals surface area (Å²) in [5.41, 5.74) is 6.29. The van der Waals surface area contributed by atoms with Gasteiger partial charge in [0.15, 0.2) is 0 Å². The highest BCUT2D eigenvalue weighted by Gasteiger charge is 2.30. The van der Waals surface area contributed by atoms with Crippen molar-refractivity contribution in [3.05, 3.63) is 41.6 Å². The van der Waals surface area contributed by atoms with Gasteiger partial charge in [-0.3, -0.25) is 4.90 Å². The molecule has 0 aliphatic carbocycles. The highest BCUT2D eigenvalue weighted by Crippen LogP contribution is 2.24. The van der Waals surface area contributed by atoms with Crippen molar-refractivity contribution in [3.63, 3.8) is 0 Å². The molecule has 138 valence electrons. The number of para-hydroxylation sites is 1. The van der Waals surface area contributed by atoms with E-state index in [1.165, 1.54) is 4.90 Å². The largest absolute Gasteiger partial charge is 0.465 e. The number of nitrogens with two attached hydrogens (primary N) is 1. The third kappa shape index (κ3) is 4.14. The second-order valence-corrected chi connectivity index (χ2v) is 6.48. The normalized spacial score (nSPS) is 20.0. The summed E-state index contributed by atoms with van der Waals surface area (Å²) >= 11 is 5.98. The molecule has 9 heteroatoms. The summed E-state index contributed by atoms with van der Waals surface area (Å²) in [5.74, 6) is 0.698. The number of carbonyl (C=O) groups is 1. The van der Waals surface area contributed by atoms with E-state index < -0.39 is 6.09 Å². The van der Waals surface area contributed by atoms with Gasteiger partial charge in [-0.1, -0.05) is 29.8 Å². The van der Waals surface area contributed by atoms with Crippen LogP contribution in [0.4, 0.5) is 22.2 Å². The number of hydrogen-bond acceptors (Lipinski definition) is 6. The monoisotopic (exact) mass is 377 g/mol. The van der Waals surface area contributed by atoms with Crippen molar-refractivity contribution in [1.82, 2.24) is 9.97 Å². The van der Waals surface area contributed by atoms with Crippen LogP contribution >= 0.6 is 11.6 Å². The van der Waals surface area contributed by atoms with Crippen molar-refractivity contribution in [2.75, 3.05) is 35.2 Å². The van der Waals surface area contributed by atoms with Gasteiger partial charge in [-0.15, -0.1) is 0 Å². The molecular formula is C17H20ClN5O3. The number of aromatic nitrogens is 2. The van der Waals surface area contributed by atoms with E-state index in [0.29, 0.717) is 24.7 Å². The zero-order chi connectivity index (χ0) is 18.7. The molecule has 1 fully saturated rings. The molecule has 3 N–H and O–H groups in total. The maximum absolute atomic E-state index is 11.7. The second kappa shape index (κ2) is 7.76. The van der Waals surface area contributed by atoms with E-state index in [1.807, 2.05) is 17.9 Å². The number of nitrogens with zero attached hydrogens (tertiary/aromatic N) is 4. The number of hydrogen-bond donors (Lipinski definition) is 2. The Morgan fingerprint density at radius 2 is 2.15 bits per heavy atom. The molecule has 2 atom stereocenters. The van der Waals surface area contributed by atoms with E-state index in [2.05, 4.69) is 9.97 Å². The van der Waals surface area contributed by atoms with Gasteiger partial charge >= 0.3 is 6.09 Å². The number of nitrogen functional groups attached to an aromatic ring is 1. The summed E-state index contributed by atoms with van der Waals surface area (Å²) in [4.78, 5) is 23.1. The Hall–Kier alpha value is -2.58. The van der Waals surface area contributed by atoms with Crippen LogP contribution in [0.5, 0.6) is 0 Å². The van der Waals surface area contributed by atoms with Crippen LogP contribution in [0.15, 0.2) is 36.4 Å². The lowest BCUT2D eigenvalue weighted by Crippen LogP contribution is -2.53. The molecule has 3 rings (SSSR count). The van der Waals surface area contributed by atoms with Crippen molar-refractivity contribution in [2.45, 2.75) is 19.1 Å². The zero-order valence-corrected chi connectivity index (χ0v) is 15.0. The van der Waals surface area contributed by atoms with Gasteiger partial charge in [-0.2, -0.15) is 4.98 Å². The molecule has 1 aromatic carbocycles. The molecule has 0 spiro atoms. The van der Waals surface area contributed by atoms with Crippen LogP contribution in [0.25, 0.3) is 0 Å². The van der Waals surface area contributed by atoms with E-state index in [4.69, 9.17) is 22.1 Å². The van der Waals surface area contributed by atoms with Crippen molar-refractivity contribution < 1.29 is 14.6 Å². The van der Waals surface area contributed by atoms with Crippen molar-refractivity contribution >= 4 is 35.1 Å². The molecule has 1 amide bonds. The first kappa shape index (κ1) is 18.2. The molecule has 26 heavy (non-hydrogen) atoms. The lowest BCUT2D eigenvalue weighted by Gasteiger charge is -2.40. The highest BCUT2D eigenvalue weighted by molar-refractivity contribution is 6.29. The van der Waals surface area contributed by atoms with E-state index in [0.717, 1.165) is 0 Å². The summed E-state index contributed by atoms with van der Waals surface area (Å²) in [7, 11) is 0. The third-order valence-electron chi connectivity index (χ3n) is 4.18. The average Bonchev–Trinajstić information content (AvgIpc) is 2.60. The lowest BCUT2D eigenvalue weighted by molar-refractivity contribution is 0.0269. The minimum atomic E-state index is -1.03. The Balaban J connectivity index is 1.77. The summed E-state index contributed by atoms with van der Waals surface area (Å²) in [6.07, 6.45) is -1.35. The highest BCUT2D eigenvalue weighted by atomic mass is 35.5. The molecular weight excluding hydrogens is 358 g/mol. The fraction of sp³-hybridized carbons (Fsp3) is 0.353. The Morgan fingerprint density at radius 3 is 2.81 bits per heavy atom. The third-order valence-corrected chi connectivity index (χ3v) is 4.38. The smallest absolute Gasteiger partial charge is 0.411 e. The van der Waals surface area contributed by atoms with Gasteiger partial charge in [0, 0.05) is 18.3 Å². The molecule has 1 aliphatic heterocycles. The first-order chi connectivity index (χ1) is 12.4. The molecule has 1 aliphatic rings. The number of anilines is 3. The Labute approximate surface area is 156 Å². The lowest BCUT2D eigenvalue weighted by atomic mass is 10.1. The Kier molecular flexibility index (Phi) is 5.43. The first-order valence-corrected chi connectivity index (χ1v) is 8.55. The predicted octanol–water partition coefficient (Wildman–Crippen LogP) is 2.49. The number of rotatable bonds is 4. The van der Waals surface area contributed by atoms with Crippen molar-refractivity contribution in [2.24, 2.45) is 0 Å². The minimum Gasteiger partial charge on any atom is -0.465 e. The van der Waals surface area contributed by atoms with Gasteiger partial charge in [-0.25, -0.2) is 9.78 Å². The molecule has 0 radical (unpaired) electrons. The molecule has 0 saturated carbocycles. The topological polar surface area (TPSA) is 105 Å². The SMILES string of the molecule is C[C@@H]1CO[C@H](CN(C(=O)O)c2ccccc2)CN1c1cc(Cl)nc(N)n1. The number of amides is 1. The van der Waals surface area contributed by atoms with E-state index >= 15 is 0 Å². The number of benzene rings is 1. The predicted molar refractivity (Wildman–Crippen MR) is 99.8 cm³/mol. The molecule has 2 aromatic rings. The van der Waals surface area contributed by atoms with Gasteiger partial charge in [0.25, 0.3) is 0 Å². The van der Waals surface area contributed by atoms with Gasteiger partial charge < -0.3 is 20.5 Å². The second-order valence-electron chi connectivity index (χ2n) is 6.09. The van der Waals surface area contributed by atoms with Crippen LogP contribution in [-0.4, -0.2) is 53.0 Å². The summed E-state index contributed by atoms with van der Waals surface area (Å²) in [6.45, 7) is 3.10. The van der Waals surface area contributed by atoms with Crippen LogP contribution in [0.3, 0.4) is 0 Å². The quantitative estimate of drug-likeness (QED) is 0.788. The van der Waals surface area contributed by atoms with Crippen molar-refractivity contribution in [1.29, 1.82) is 0 Å². The van der Waals surface area contributed by atoms with Crippen molar-refractivity contribution in [3.8, 4) is 0 Å². The van der Waals surface area contributed by atoms with Crippen LogP contribution < -0.4 is 15.5 Å². The number of halogens is 1. The summed E-state index contributed by atoms with van der Waals surface area (Å²) in [5, 5.41) is 9.83. The van der Waals surface area contributed by atoms with E-state index in [1.54, 1.807) is 30.3 Å². The zero-order valence-electron chi connectivity index (χ0n) is 14.2. The number of morpholine rings is 1. The maximum Gasteiger partial charge on any atom is 0.411 e. The molecule has 0 unspecified atom stereocenters. The van der Waals surface area contributed by atoms with Gasteiger partial charge in [0.05, 0.1) is 25.3 Å². The van der Waals surface area contributed by atoms with Gasteiger partial charge in [0.1, 0.15) is 11.0 Å². The van der Waals surface area contributed by atoms with E-state index in [-0.39, 0.29) is 29.8 Å². The van der Waals surface area contributed by atoms with Crippen LogP contribution in [0.1, 0.15) is 6.92 Å². The van der Waals surface area contributed by atoms with Gasteiger partial charge in [0.2, 0.25) is 5.95 Å². The number of ether oxygens (including phenoxy) is 1. The molecule has 1 aromatic heterocycles. The minimum absolute atomic E-state index is 0.0478. The summed E-state index contributed by atoms with van der Waals surface area (Å²) in [6, 6.07) is 10.6. The molecule has 2 heterocycles.